The van der Waals surface area contributed by atoms with Gasteiger partial charge in [0.2, 0.25) is 0 Å². The summed E-state index contributed by atoms with van der Waals surface area (Å²) in [5.41, 5.74) is 2.26. The Morgan fingerprint density at radius 1 is 1.05 bits per heavy atom. The molecular formula is C16H15BrClFO2. The first-order valence-electron chi connectivity index (χ1n) is 6.29. The first-order valence-corrected chi connectivity index (χ1v) is 7.58. The molecule has 0 N–H and O–H groups in total. The summed E-state index contributed by atoms with van der Waals surface area (Å²) in [6, 6.07) is 8.63. The van der Waals surface area contributed by atoms with Crippen LogP contribution in [-0.4, -0.2) is 14.2 Å². The van der Waals surface area contributed by atoms with Gasteiger partial charge < -0.3 is 9.47 Å². The molecule has 0 aliphatic carbocycles. The van der Waals surface area contributed by atoms with Crippen LogP contribution < -0.4 is 9.47 Å². The average molecular weight is 374 g/mol. The van der Waals surface area contributed by atoms with Crippen molar-refractivity contribution in [1.29, 1.82) is 0 Å². The van der Waals surface area contributed by atoms with Crippen LogP contribution >= 0.6 is 27.5 Å². The maximum absolute atomic E-state index is 13.5. The van der Waals surface area contributed by atoms with Crippen molar-refractivity contribution in [3.8, 4) is 11.5 Å². The van der Waals surface area contributed by atoms with Crippen LogP contribution in [0.25, 0.3) is 0 Å². The predicted octanol–water partition coefficient (Wildman–Crippen LogP) is 5.29. The van der Waals surface area contributed by atoms with E-state index in [0.717, 1.165) is 11.1 Å². The van der Waals surface area contributed by atoms with E-state index in [4.69, 9.17) is 21.1 Å². The Kier molecular flexibility index (Phi) is 5.12. The fourth-order valence-corrected chi connectivity index (χ4v) is 3.06. The van der Waals surface area contributed by atoms with Crippen LogP contribution in [0.1, 0.15) is 21.5 Å². The molecule has 0 saturated heterocycles. The Hall–Kier alpha value is -1.26. The Morgan fingerprint density at radius 3 is 2.14 bits per heavy atom. The van der Waals surface area contributed by atoms with Gasteiger partial charge in [0, 0.05) is 11.1 Å². The van der Waals surface area contributed by atoms with E-state index in [1.807, 2.05) is 12.1 Å². The second-order valence-corrected chi connectivity index (χ2v) is 5.95. The van der Waals surface area contributed by atoms with Crippen molar-refractivity contribution >= 4 is 27.5 Å². The molecule has 0 amide bonds. The van der Waals surface area contributed by atoms with E-state index >= 15 is 0 Å². The number of ether oxygens (including phenoxy) is 2. The zero-order valence-electron chi connectivity index (χ0n) is 11.9. The summed E-state index contributed by atoms with van der Waals surface area (Å²) in [6.45, 7) is 1.71. The third-order valence-electron chi connectivity index (χ3n) is 3.22. The molecule has 0 spiro atoms. The van der Waals surface area contributed by atoms with Gasteiger partial charge >= 0.3 is 0 Å². The summed E-state index contributed by atoms with van der Waals surface area (Å²) in [5.74, 6) is 1.05. The normalized spacial score (nSPS) is 12.1. The smallest absolute Gasteiger partial charge is 0.127 e. The van der Waals surface area contributed by atoms with Crippen LogP contribution in [0.2, 0.25) is 5.02 Å². The van der Waals surface area contributed by atoms with Crippen molar-refractivity contribution in [3.63, 3.8) is 0 Å². The topological polar surface area (TPSA) is 18.5 Å². The summed E-state index contributed by atoms with van der Waals surface area (Å²) < 4.78 is 24.0. The maximum atomic E-state index is 13.5. The second-order valence-electron chi connectivity index (χ2n) is 4.63. The Balaban J connectivity index is 2.49. The molecule has 0 radical (unpaired) electrons. The fraction of sp³-hybridized carbons (Fsp3) is 0.250. The number of aryl methyl sites for hydroxylation is 1. The molecule has 0 heterocycles. The van der Waals surface area contributed by atoms with Gasteiger partial charge in [0.25, 0.3) is 0 Å². The molecule has 0 aromatic heterocycles. The molecule has 5 heteroatoms. The maximum Gasteiger partial charge on any atom is 0.127 e. The number of halogens is 3. The quantitative estimate of drug-likeness (QED) is 0.678. The van der Waals surface area contributed by atoms with E-state index in [2.05, 4.69) is 15.9 Å². The van der Waals surface area contributed by atoms with E-state index in [1.54, 1.807) is 33.3 Å². The number of hydrogen-bond acceptors (Lipinski definition) is 2. The van der Waals surface area contributed by atoms with Crippen molar-refractivity contribution in [3.05, 3.63) is 57.9 Å². The van der Waals surface area contributed by atoms with E-state index < -0.39 is 0 Å². The van der Waals surface area contributed by atoms with Crippen LogP contribution in [0, 0.1) is 12.7 Å². The molecule has 21 heavy (non-hydrogen) atoms. The van der Waals surface area contributed by atoms with E-state index in [1.165, 1.54) is 6.07 Å². The first kappa shape index (κ1) is 16.1. The van der Waals surface area contributed by atoms with Crippen molar-refractivity contribution in [2.45, 2.75) is 11.8 Å². The van der Waals surface area contributed by atoms with Crippen LogP contribution in [0.5, 0.6) is 11.5 Å². The highest BCUT2D eigenvalue weighted by Crippen LogP contribution is 2.39. The highest BCUT2D eigenvalue weighted by molar-refractivity contribution is 9.09. The molecule has 1 atom stereocenters. The van der Waals surface area contributed by atoms with Crippen LogP contribution in [0.15, 0.2) is 30.3 Å². The van der Waals surface area contributed by atoms with Crippen LogP contribution in [0.4, 0.5) is 4.39 Å². The summed E-state index contributed by atoms with van der Waals surface area (Å²) in [7, 11) is 3.19. The number of hydrogen-bond donors (Lipinski definition) is 0. The molecule has 0 aliphatic rings. The van der Waals surface area contributed by atoms with Crippen molar-refractivity contribution in [2.24, 2.45) is 0 Å². The van der Waals surface area contributed by atoms with Gasteiger partial charge in [0.05, 0.1) is 19.0 Å². The predicted molar refractivity (Wildman–Crippen MR) is 86.5 cm³/mol. The van der Waals surface area contributed by atoms with Gasteiger partial charge in [-0.1, -0.05) is 33.6 Å². The van der Waals surface area contributed by atoms with Gasteiger partial charge in [-0.25, -0.2) is 4.39 Å². The van der Waals surface area contributed by atoms with Crippen LogP contribution in [0.3, 0.4) is 0 Å². The largest absolute Gasteiger partial charge is 0.497 e. The van der Waals surface area contributed by atoms with Crippen molar-refractivity contribution < 1.29 is 13.9 Å². The summed E-state index contributed by atoms with van der Waals surface area (Å²) in [6.07, 6.45) is 0. The van der Waals surface area contributed by atoms with Crippen LogP contribution in [-0.2, 0) is 0 Å². The molecular weight excluding hydrogens is 359 g/mol. The van der Waals surface area contributed by atoms with E-state index in [-0.39, 0.29) is 10.6 Å². The molecule has 1 unspecified atom stereocenters. The highest BCUT2D eigenvalue weighted by Gasteiger charge is 2.17. The molecule has 112 valence electrons. The van der Waals surface area contributed by atoms with Crippen molar-refractivity contribution in [2.75, 3.05) is 14.2 Å². The van der Waals surface area contributed by atoms with Gasteiger partial charge in [-0.3, -0.25) is 0 Å². The molecule has 2 aromatic rings. The van der Waals surface area contributed by atoms with Crippen molar-refractivity contribution in [1.82, 2.24) is 0 Å². The number of methoxy groups -OCH3 is 2. The van der Waals surface area contributed by atoms with E-state index in [9.17, 15) is 4.39 Å². The van der Waals surface area contributed by atoms with Gasteiger partial charge in [-0.15, -0.1) is 0 Å². The monoisotopic (exact) mass is 372 g/mol. The number of benzene rings is 2. The third-order valence-corrected chi connectivity index (χ3v) is 4.57. The second kappa shape index (κ2) is 6.67. The number of alkyl halides is 1. The lowest BCUT2D eigenvalue weighted by atomic mass is 10.0. The number of rotatable bonds is 4. The van der Waals surface area contributed by atoms with Gasteiger partial charge in [0.1, 0.15) is 17.3 Å². The van der Waals surface area contributed by atoms with Gasteiger partial charge in [-0.05, 0) is 41.8 Å². The Bertz CT molecular complexity index is 639. The lowest BCUT2D eigenvalue weighted by Gasteiger charge is -2.16. The molecule has 0 aliphatic heterocycles. The molecule has 0 fully saturated rings. The average Bonchev–Trinajstić information content (AvgIpc) is 2.49. The molecule has 2 rings (SSSR count). The molecule has 0 saturated carbocycles. The lowest BCUT2D eigenvalue weighted by Crippen LogP contribution is -1.98. The fourth-order valence-electron chi connectivity index (χ4n) is 2.03. The van der Waals surface area contributed by atoms with Gasteiger partial charge in [0.15, 0.2) is 0 Å². The minimum atomic E-state index is -0.313. The third kappa shape index (κ3) is 3.50. The van der Waals surface area contributed by atoms with Gasteiger partial charge in [-0.2, -0.15) is 0 Å². The zero-order valence-corrected chi connectivity index (χ0v) is 14.3. The standard InChI is InChI=1S/C16H15BrClFO2/c1-9-4-13(14(18)8-15(9)19)16(17)10-5-11(20-2)7-12(6-10)21-3/h4-8,16H,1-3H3. The molecule has 2 nitrogen and oxygen atoms in total. The summed E-state index contributed by atoms with van der Waals surface area (Å²) in [4.78, 5) is -0.187. The lowest BCUT2D eigenvalue weighted by molar-refractivity contribution is 0.393. The molecule has 0 bridgehead atoms. The molecule has 2 aromatic carbocycles. The summed E-state index contributed by atoms with van der Waals surface area (Å²) >= 11 is 9.77. The minimum absolute atomic E-state index is 0.187. The Labute approximate surface area is 137 Å². The Morgan fingerprint density at radius 2 is 1.62 bits per heavy atom. The summed E-state index contributed by atoms with van der Waals surface area (Å²) in [5, 5.41) is 0.377. The minimum Gasteiger partial charge on any atom is -0.497 e. The zero-order chi connectivity index (χ0) is 15.6. The SMILES string of the molecule is COc1cc(OC)cc(C(Br)c2cc(C)c(F)cc2Cl)c1. The highest BCUT2D eigenvalue weighted by atomic mass is 79.9. The first-order chi connectivity index (χ1) is 9.96. The van der Waals surface area contributed by atoms with E-state index in [0.29, 0.717) is 22.1 Å².